The summed E-state index contributed by atoms with van der Waals surface area (Å²) in [6, 6.07) is 0. The van der Waals surface area contributed by atoms with E-state index < -0.39 is 0 Å². The molecule has 1 heterocycles. The van der Waals surface area contributed by atoms with Crippen LogP contribution in [-0.4, -0.2) is 12.3 Å². The van der Waals surface area contributed by atoms with Crippen LogP contribution in [0.25, 0.3) is 0 Å². The zero-order chi connectivity index (χ0) is 8.48. The highest BCUT2D eigenvalue weighted by Crippen LogP contribution is 2.20. The Bertz CT molecular complexity index is 208. The minimum Gasteiger partial charge on any atom is -0.325 e. The van der Waals surface area contributed by atoms with Crippen LogP contribution in [0.3, 0.4) is 0 Å². The van der Waals surface area contributed by atoms with Gasteiger partial charge in [-0.05, 0) is 6.08 Å². The molecule has 0 atom stereocenters. The summed E-state index contributed by atoms with van der Waals surface area (Å²) in [5.74, 6) is 0. The van der Waals surface area contributed by atoms with E-state index in [1.165, 1.54) is 0 Å². The fraction of sp³-hybridized carbons (Fsp3) is 0.625. The van der Waals surface area contributed by atoms with Gasteiger partial charge in [-0.15, -0.1) is 0 Å². The molecule has 0 aliphatic carbocycles. The molecule has 2 N–H and O–H groups in total. The van der Waals surface area contributed by atoms with Crippen LogP contribution >= 0.6 is 0 Å². The van der Waals surface area contributed by atoms with Crippen molar-refractivity contribution in [3.8, 4) is 0 Å². The van der Waals surface area contributed by atoms with Crippen molar-refractivity contribution in [1.82, 2.24) is 5.43 Å². The molecule has 0 unspecified atom stereocenters. The summed E-state index contributed by atoms with van der Waals surface area (Å²) in [7, 11) is 0. The molecule has 0 saturated carbocycles. The first-order chi connectivity index (χ1) is 5.04. The lowest BCUT2D eigenvalue weighted by Gasteiger charge is -2.14. The van der Waals surface area contributed by atoms with Crippen LogP contribution in [0.5, 0.6) is 0 Å². The van der Waals surface area contributed by atoms with E-state index >= 15 is 0 Å². The molecule has 0 fully saturated rings. The summed E-state index contributed by atoms with van der Waals surface area (Å²) in [5, 5.41) is 4.03. The number of allylic oxidation sites excluding steroid dienone is 1. The maximum Gasteiger partial charge on any atom is 0.0785 e. The highest BCUT2D eigenvalue weighted by molar-refractivity contribution is 6.00. The van der Waals surface area contributed by atoms with Crippen LogP contribution in [0.2, 0.25) is 0 Å². The van der Waals surface area contributed by atoms with E-state index in [1.54, 1.807) is 0 Å². The summed E-state index contributed by atoms with van der Waals surface area (Å²) in [5.41, 5.74) is 11.3. The van der Waals surface area contributed by atoms with Crippen molar-refractivity contribution in [2.24, 2.45) is 16.3 Å². The molecule has 0 amide bonds. The number of nitrogens with two attached hydrogens (primary N) is 1. The van der Waals surface area contributed by atoms with Gasteiger partial charge in [-0.1, -0.05) is 20.8 Å². The van der Waals surface area contributed by atoms with Gasteiger partial charge in [0.15, 0.2) is 0 Å². The summed E-state index contributed by atoms with van der Waals surface area (Å²) >= 11 is 0. The monoisotopic (exact) mass is 152 g/mol. The first-order valence-corrected chi connectivity index (χ1v) is 3.74. The molecule has 1 rings (SSSR count). The molecule has 0 aromatic carbocycles. The molecule has 0 aromatic rings. The normalized spacial score (nSPS) is 17.5. The van der Waals surface area contributed by atoms with Gasteiger partial charge in [-0.25, -0.2) is 0 Å². The predicted molar refractivity (Wildman–Crippen MR) is 46.2 cm³/mol. The van der Waals surface area contributed by atoms with E-state index in [2.05, 4.69) is 31.3 Å². The van der Waals surface area contributed by atoms with Crippen LogP contribution in [0.1, 0.15) is 20.8 Å². The minimum atomic E-state index is 0.0838. The molecule has 1 aliphatic rings. The SMILES string of the molecule is CC(C)(C)C1=N[N]C(CN)=C1. The molecular formula is C8H14N3. The van der Waals surface area contributed by atoms with Gasteiger partial charge in [0.05, 0.1) is 11.4 Å². The Kier molecular flexibility index (Phi) is 2.00. The minimum absolute atomic E-state index is 0.0838. The molecule has 0 spiro atoms. The third-order valence-corrected chi connectivity index (χ3v) is 1.57. The Morgan fingerprint density at radius 2 is 2.09 bits per heavy atom. The van der Waals surface area contributed by atoms with E-state index in [9.17, 15) is 0 Å². The molecule has 11 heavy (non-hydrogen) atoms. The van der Waals surface area contributed by atoms with Crippen molar-refractivity contribution >= 4 is 5.71 Å². The van der Waals surface area contributed by atoms with Gasteiger partial charge in [0.25, 0.3) is 0 Å². The summed E-state index contributed by atoms with van der Waals surface area (Å²) in [6.45, 7) is 6.80. The molecule has 0 bridgehead atoms. The molecular weight excluding hydrogens is 138 g/mol. The standard InChI is InChI=1S/C8H14N3/c1-8(2,3)7-4-6(5-9)10-11-7/h4H,5,9H2,1-3H3. The molecule has 0 aromatic heterocycles. The third-order valence-electron chi connectivity index (χ3n) is 1.57. The van der Waals surface area contributed by atoms with Gasteiger partial charge in [0.1, 0.15) is 0 Å². The van der Waals surface area contributed by atoms with Crippen LogP contribution < -0.4 is 11.2 Å². The fourth-order valence-electron chi connectivity index (χ4n) is 0.800. The lowest BCUT2D eigenvalue weighted by molar-refractivity contribution is 0.591. The number of rotatable bonds is 1. The summed E-state index contributed by atoms with van der Waals surface area (Å²) in [6.07, 6.45) is 1.96. The zero-order valence-electron chi connectivity index (χ0n) is 7.26. The molecule has 1 aliphatic heterocycles. The van der Waals surface area contributed by atoms with Crippen molar-refractivity contribution in [1.29, 1.82) is 0 Å². The predicted octanol–water partition coefficient (Wildman–Crippen LogP) is 0.849. The average Bonchev–Trinajstić information content (AvgIpc) is 2.32. The second-order valence-corrected chi connectivity index (χ2v) is 3.68. The van der Waals surface area contributed by atoms with Crippen LogP contribution in [-0.2, 0) is 0 Å². The number of nitrogens with zero attached hydrogens (tertiary/aromatic N) is 2. The largest absolute Gasteiger partial charge is 0.325 e. The Hall–Kier alpha value is -0.830. The lowest BCUT2D eigenvalue weighted by Crippen LogP contribution is -2.16. The Balaban J connectivity index is 2.72. The van der Waals surface area contributed by atoms with Gasteiger partial charge >= 0.3 is 0 Å². The van der Waals surface area contributed by atoms with Gasteiger partial charge in [0.2, 0.25) is 0 Å². The second-order valence-electron chi connectivity index (χ2n) is 3.68. The first kappa shape index (κ1) is 8.27. The summed E-state index contributed by atoms with van der Waals surface area (Å²) < 4.78 is 0. The summed E-state index contributed by atoms with van der Waals surface area (Å²) in [4.78, 5) is 0. The quantitative estimate of drug-likeness (QED) is 0.595. The Morgan fingerprint density at radius 3 is 2.36 bits per heavy atom. The van der Waals surface area contributed by atoms with E-state index in [0.29, 0.717) is 6.54 Å². The first-order valence-electron chi connectivity index (χ1n) is 3.74. The number of hydrogen-bond acceptors (Lipinski definition) is 2. The van der Waals surface area contributed by atoms with Crippen molar-refractivity contribution in [2.45, 2.75) is 20.8 Å². The Labute approximate surface area is 67.4 Å². The highest BCUT2D eigenvalue weighted by Gasteiger charge is 2.21. The van der Waals surface area contributed by atoms with Crippen molar-refractivity contribution in [2.75, 3.05) is 6.54 Å². The second kappa shape index (κ2) is 2.66. The molecule has 0 saturated heterocycles. The van der Waals surface area contributed by atoms with E-state index in [4.69, 9.17) is 5.73 Å². The van der Waals surface area contributed by atoms with E-state index in [1.807, 2.05) is 6.08 Å². The smallest absolute Gasteiger partial charge is 0.0785 e. The van der Waals surface area contributed by atoms with Crippen LogP contribution in [0, 0.1) is 5.41 Å². The maximum absolute atomic E-state index is 5.40. The van der Waals surface area contributed by atoms with Gasteiger partial charge < -0.3 is 5.73 Å². The van der Waals surface area contributed by atoms with Crippen molar-refractivity contribution in [3.05, 3.63) is 11.8 Å². The van der Waals surface area contributed by atoms with E-state index in [-0.39, 0.29) is 5.41 Å². The fourth-order valence-corrected chi connectivity index (χ4v) is 0.800. The van der Waals surface area contributed by atoms with Gasteiger partial charge in [-0.3, -0.25) is 0 Å². The van der Waals surface area contributed by atoms with E-state index in [0.717, 1.165) is 11.4 Å². The lowest BCUT2D eigenvalue weighted by atomic mass is 9.90. The van der Waals surface area contributed by atoms with Crippen molar-refractivity contribution in [3.63, 3.8) is 0 Å². The average molecular weight is 152 g/mol. The molecule has 3 nitrogen and oxygen atoms in total. The maximum atomic E-state index is 5.40. The Morgan fingerprint density at radius 1 is 1.45 bits per heavy atom. The van der Waals surface area contributed by atoms with Crippen molar-refractivity contribution < 1.29 is 0 Å². The van der Waals surface area contributed by atoms with Gasteiger partial charge in [-0.2, -0.15) is 10.5 Å². The topological polar surface area (TPSA) is 52.5 Å². The zero-order valence-corrected chi connectivity index (χ0v) is 7.26. The van der Waals surface area contributed by atoms with Gasteiger partial charge in [0, 0.05) is 12.0 Å². The van der Waals surface area contributed by atoms with Crippen LogP contribution in [0.15, 0.2) is 16.9 Å². The van der Waals surface area contributed by atoms with Crippen LogP contribution in [0.4, 0.5) is 0 Å². The number of hydrogen-bond donors (Lipinski definition) is 1. The highest BCUT2D eigenvalue weighted by atomic mass is 15.3. The third kappa shape index (κ3) is 1.80. The molecule has 3 heteroatoms. The molecule has 61 valence electrons. The molecule has 1 radical (unpaired) electrons.